The smallest absolute Gasteiger partial charge is 0.240 e. The van der Waals surface area contributed by atoms with Gasteiger partial charge < -0.3 is 14.6 Å². The van der Waals surface area contributed by atoms with E-state index in [0.717, 1.165) is 23.3 Å². The lowest BCUT2D eigenvalue weighted by Gasteiger charge is -2.14. The van der Waals surface area contributed by atoms with Gasteiger partial charge in [-0.3, -0.25) is 0 Å². The molecule has 26 heavy (non-hydrogen) atoms. The van der Waals surface area contributed by atoms with E-state index in [9.17, 15) is 13.5 Å². The van der Waals surface area contributed by atoms with Crippen LogP contribution in [0.4, 0.5) is 0 Å². The van der Waals surface area contributed by atoms with Crippen molar-refractivity contribution in [3.63, 3.8) is 0 Å². The van der Waals surface area contributed by atoms with Gasteiger partial charge in [-0.15, -0.1) is 0 Å². The summed E-state index contributed by atoms with van der Waals surface area (Å²) in [5.74, 6) is 1.48. The minimum Gasteiger partial charge on any atom is -0.494 e. The Morgan fingerprint density at radius 2 is 2.08 bits per heavy atom. The van der Waals surface area contributed by atoms with E-state index in [0.29, 0.717) is 24.5 Å². The molecule has 2 aromatic rings. The zero-order chi connectivity index (χ0) is 18.7. The summed E-state index contributed by atoms with van der Waals surface area (Å²) in [6.07, 6.45) is -0.132. The summed E-state index contributed by atoms with van der Waals surface area (Å²) >= 11 is 0. The first-order valence-corrected chi connectivity index (χ1v) is 10.1. The number of aliphatic hydroxyl groups excluding tert-OH is 1. The summed E-state index contributed by atoms with van der Waals surface area (Å²) < 4.78 is 38.3. The van der Waals surface area contributed by atoms with Crippen molar-refractivity contribution in [2.24, 2.45) is 0 Å². The average Bonchev–Trinajstić information content (AvgIpc) is 3.09. The Kier molecular flexibility index (Phi) is 5.50. The predicted octanol–water partition coefficient (Wildman–Crippen LogP) is 2.34. The summed E-state index contributed by atoms with van der Waals surface area (Å²) in [5, 5.41) is 10.3. The van der Waals surface area contributed by atoms with E-state index in [2.05, 4.69) is 4.72 Å². The molecular formula is C19H23NO5S. The van der Waals surface area contributed by atoms with Crippen LogP contribution in [-0.4, -0.2) is 33.3 Å². The van der Waals surface area contributed by atoms with E-state index in [1.54, 1.807) is 25.1 Å². The van der Waals surface area contributed by atoms with Gasteiger partial charge in [0.15, 0.2) is 0 Å². The van der Waals surface area contributed by atoms with Gasteiger partial charge in [-0.05, 0) is 60.9 Å². The molecule has 0 amide bonds. The molecule has 1 unspecified atom stereocenters. The fraction of sp³-hybridized carbons (Fsp3) is 0.368. The van der Waals surface area contributed by atoms with Crippen LogP contribution in [0.2, 0.25) is 0 Å². The van der Waals surface area contributed by atoms with Crippen LogP contribution in [0.1, 0.15) is 29.7 Å². The molecule has 7 heteroatoms. The lowest BCUT2D eigenvalue weighted by molar-refractivity contribution is 0.182. The van der Waals surface area contributed by atoms with Gasteiger partial charge in [-0.25, -0.2) is 13.1 Å². The molecule has 1 atom stereocenters. The van der Waals surface area contributed by atoms with Crippen LogP contribution < -0.4 is 14.2 Å². The topological polar surface area (TPSA) is 84.9 Å². The quantitative estimate of drug-likeness (QED) is 0.774. The third-order valence-corrected chi connectivity index (χ3v) is 5.74. The largest absolute Gasteiger partial charge is 0.494 e. The molecule has 0 fully saturated rings. The molecule has 140 valence electrons. The number of sulfonamides is 1. The Bertz CT molecular complexity index is 895. The molecule has 2 N–H and O–H groups in total. The zero-order valence-corrected chi connectivity index (χ0v) is 15.7. The van der Waals surface area contributed by atoms with Gasteiger partial charge in [-0.2, -0.15) is 0 Å². The Morgan fingerprint density at radius 1 is 1.27 bits per heavy atom. The van der Waals surface area contributed by atoms with Crippen LogP contribution in [0.25, 0.3) is 0 Å². The molecule has 0 bridgehead atoms. The second-order valence-electron chi connectivity index (χ2n) is 6.19. The molecule has 3 rings (SSSR count). The van der Waals surface area contributed by atoms with Gasteiger partial charge in [0.05, 0.1) is 24.2 Å². The molecular weight excluding hydrogens is 354 g/mol. The summed E-state index contributed by atoms with van der Waals surface area (Å²) in [5.41, 5.74) is 2.44. The van der Waals surface area contributed by atoms with Crippen LogP contribution in [0.3, 0.4) is 0 Å². The summed E-state index contributed by atoms with van der Waals surface area (Å²) in [6, 6.07) is 10.1. The normalized spacial score (nSPS) is 14.6. The molecule has 0 radical (unpaired) electrons. The lowest BCUT2D eigenvalue weighted by atomic mass is 10.0. The highest BCUT2D eigenvalue weighted by Crippen LogP contribution is 2.28. The Hall–Kier alpha value is -2.09. The second-order valence-corrected chi connectivity index (χ2v) is 7.96. The Morgan fingerprint density at radius 3 is 2.81 bits per heavy atom. The first-order chi connectivity index (χ1) is 12.4. The molecule has 1 aliphatic rings. The van der Waals surface area contributed by atoms with Crippen LogP contribution in [0, 0.1) is 6.92 Å². The molecule has 0 spiro atoms. The van der Waals surface area contributed by atoms with Crippen LogP contribution >= 0.6 is 0 Å². The van der Waals surface area contributed by atoms with Crippen molar-refractivity contribution in [1.82, 2.24) is 4.72 Å². The number of hydrogen-bond acceptors (Lipinski definition) is 5. The fourth-order valence-corrected chi connectivity index (χ4v) is 4.03. The van der Waals surface area contributed by atoms with Crippen LogP contribution in [-0.2, 0) is 16.4 Å². The number of benzene rings is 2. The fourth-order valence-electron chi connectivity index (χ4n) is 2.91. The van der Waals surface area contributed by atoms with Gasteiger partial charge in [-0.1, -0.05) is 6.07 Å². The number of rotatable bonds is 7. The maximum atomic E-state index is 12.5. The molecule has 1 aliphatic heterocycles. The monoisotopic (exact) mass is 377 g/mol. The number of hydrogen-bond donors (Lipinski definition) is 2. The molecule has 2 aromatic carbocycles. The first-order valence-electron chi connectivity index (χ1n) is 8.57. The van der Waals surface area contributed by atoms with Gasteiger partial charge in [0, 0.05) is 13.0 Å². The second kappa shape index (κ2) is 7.65. The van der Waals surface area contributed by atoms with E-state index >= 15 is 0 Å². The third-order valence-electron chi connectivity index (χ3n) is 4.32. The van der Waals surface area contributed by atoms with Crippen molar-refractivity contribution in [2.45, 2.75) is 31.3 Å². The van der Waals surface area contributed by atoms with Crippen molar-refractivity contribution in [1.29, 1.82) is 0 Å². The Labute approximate surface area is 153 Å². The maximum Gasteiger partial charge on any atom is 0.240 e. The van der Waals surface area contributed by atoms with Crippen LogP contribution in [0.5, 0.6) is 11.5 Å². The molecule has 6 nitrogen and oxygen atoms in total. The van der Waals surface area contributed by atoms with Crippen LogP contribution in [0.15, 0.2) is 41.3 Å². The van der Waals surface area contributed by atoms with Crippen molar-refractivity contribution < 1.29 is 23.0 Å². The zero-order valence-electron chi connectivity index (χ0n) is 14.9. The van der Waals surface area contributed by atoms with Gasteiger partial charge in [0.2, 0.25) is 10.0 Å². The van der Waals surface area contributed by atoms with Gasteiger partial charge >= 0.3 is 0 Å². The SMILES string of the molecule is CCOc1ccc(S(=O)(=O)NCC(O)c2ccc3c(c2)CCO3)cc1C. The number of aryl methyl sites for hydroxylation is 1. The Balaban J connectivity index is 1.69. The van der Waals surface area contributed by atoms with Gasteiger partial charge in [0.25, 0.3) is 0 Å². The number of fused-ring (bicyclic) bond motifs is 1. The molecule has 0 saturated heterocycles. The summed E-state index contributed by atoms with van der Waals surface area (Å²) in [7, 11) is -3.72. The minimum atomic E-state index is -3.72. The van der Waals surface area contributed by atoms with E-state index in [-0.39, 0.29) is 11.4 Å². The van der Waals surface area contributed by atoms with E-state index in [4.69, 9.17) is 9.47 Å². The number of nitrogens with one attached hydrogen (secondary N) is 1. The van der Waals surface area contributed by atoms with Crippen molar-refractivity contribution in [2.75, 3.05) is 19.8 Å². The van der Waals surface area contributed by atoms with Crippen molar-refractivity contribution in [3.8, 4) is 11.5 Å². The highest BCUT2D eigenvalue weighted by Gasteiger charge is 2.19. The van der Waals surface area contributed by atoms with E-state index in [1.165, 1.54) is 6.07 Å². The molecule has 0 aliphatic carbocycles. The third kappa shape index (κ3) is 4.00. The maximum absolute atomic E-state index is 12.5. The minimum absolute atomic E-state index is 0.103. The standard InChI is InChI=1S/C19H23NO5S/c1-3-24-18-7-5-16(10-13(18)2)26(22,23)20-12-17(21)14-4-6-19-15(11-14)8-9-25-19/h4-7,10-11,17,20-21H,3,8-9,12H2,1-2H3. The molecule has 1 heterocycles. The van der Waals surface area contributed by atoms with Gasteiger partial charge in [0.1, 0.15) is 11.5 Å². The number of ether oxygens (including phenoxy) is 2. The van der Waals surface area contributed by atoms with E-state index in [1.807, 2.05) is 19.1 Å². The lowest BCUT2D eigenvalue weighted by Crippen LogP contribution is -2.28. The predicted molar refractivity (Wildman–Crippen MR) is 98.1 cm³/mol. The highest BCUT2D eigenvalue weighted by atomic mass is 32.2. The number of aliphatic hydroxyl groups is 1. The van der Waals surface area contributed by atoms with Crippen molar-refractivity contribution in [3.05, 3.63) is 53.1 Å². The average molecular weight is 377 g/mol. The summed E-state index contributed by atoms with van der Waals surface area (Å²) in [6.45, 7) is 4.72. The first kappa shape index (κ1) is 18.7. The highest BCUT2D eigenvalue weighted by molar-refractivity contribution is 7.89. The van der Waals surface area contributed by atoms with E-state index < -0.39 is 16.1 Å². The summed E-state index contributed by atoms with van der Waals surface area (Å²) in [4.78, 5) is 0.146. The van der Waals surface area contributed by atoms with Crippen molar-refractivity contribution >= 4 is 10.0 Å². The molecule has 0 aromatic heterocycles. The molecule has 0 saturated carbocycles.